The highest BCUT2D eigenvalue weighted by Crippen LogP contribution is 2.52. The monoisotopic (exact) mass is 1460 g/mol. The first-order chi connectivity index (χ1) is 50.4. The summed E-state index contributed by atoms with van der Waals surface area (Å²) in [5.41, 5.74) is 7.98. The third-order valence-electron chi connectivity index (χ3n) is 25.1. The van der Waals surface area contributed by atoms with Crippen LogP contribution in [-0.4, -0.2) is 43.5 Å². The van der Waals surface area contributed by atoms with Gasteiger partial charge >= 0.3 is 0 Å². The Kier molecular flexibility index (Phi) is 34.9. The van der Waals surface area contributed by atoms with E-state index in [-0.39, 0.29) is 51.5 Å². The van der Waals surface area contributed by atoms with Gasteiger partial charge in [0.1, 0.15) is 0 Å². The van der Waals surface area contributed by atoms with Gasteiger partial charge in [-0.2, -0.15) is 0 Å². The van der Waals surface area contributed by atoms with Crippen molar-refractivity contribution in [1.82, 2.24) is 18.6 Å². The standard InChI is InChI=1S/C94H146N4O4S2/c1-15-21-27-33-37-39-41-43-47-53-67-95-87(85-86(90(95)100)88(78-64-66-80(104-78)94(13,14)70(9)10)96(89(85)99)68-54-48-44-42-40-38-34-28-22-16-2)77-63-62-76(103-77)73-59-60-74-81(71(55-49-31-25-19-5)57-51-45-35-29-23-17-3)84-83(91(101)97(73)74)82(72(56-50-32-26-20-6)58-52-46-36-30-24-18-4)75-61-65-79(98(75)92(84)102)93(11,12)69(7)8/h59-66,69-72H,15-58,67-68H2,1-14H3. The second-order valence-electron chi connectivity index (χ2n) is 34.1. The normalized spacial score (nSPS) is 14.6. The molecule has 8 heterocycles. The molecule has 6 aromatic heterocycles. The molecular weight excluding hydrogens is 1310 g/mol. The Morgan fingerprint density at radius 3 is 1.05 bits per heavy atom. The third kappa shape index (κ3) is 21.0. The number of nitrogens with zero attached hydrogens (tertiary/aromatic N) is 4. The molecule has 0 spiro atoms. The molecule has 10 heteroatoms. The van der Waals surface area contributed by atoms with E-state index in [1.807, 2.05) is 9.80 Å². The molecule has 2 unspecified atom stereocenters. The van der Waals surface area contributed by atoms with Gasteiger partial charge in [-0.1, -0.05) is 341 Å². The molecule has 2 aliphatic heterocycles. The number of carbonyl (C=O) groups excluding carboxylic acids is 2. The van der Waals surface area contributed by atoms with Crippen molar-refractivity contribution in [3.05, 3.63) is 112 Å². The fraction of sp³-hybridized carbons (Fsp3) is 0.702. The molecule has 0 aromatic carbocycles. The van der Waals surface area contributed by atoms with E-state index < -0.39 is 0 Å². The van der Waals surface area contributed by atoms with Gasteiger partial charge in [0.2, 0.25) is 0 Å². The molecule has 8 rings (SSSR count). The van der Waals surface area contributed by atoms with Crippen LogP contribution in [0.3, 0.4) is 0 Å². The molecule has 104 heavy (non-hydrogen) atoms. The number of hydrogen-bond acceptors (Lipinski definition) is 6. The highest BCUT2D eigenvalue weighted by atomic mass is 32.1. The van der Waals surface area contributed by atoms with Crippen LogP contribution in [0.15, 0.2) is 69.3 Å². The van der Waals surface area contributed by atoms with Crippen LogP contribution < -0.4 is 11.1 Å². The molecule has 2 aliphatic rings. The van der Waals surface area contributed by atoms with E-state index >= 15 is 19.2 Å². The Morgan fingerprint density at radius 1 is 0.337 bits per heavy atom. The Hall–Kier alpha value is -4.80. The summed E-state index contributed by atoms with van der Waals surface area (Å²) in [4.78, 5) is 73.9. The minimum absolute atomic E-state index is 0.0232. The van der Waals surface area contributed by atoms with Gasteiger partial charge in [0.05, 0.1) is 64.7 Å². The predicted molar refractivity (Wildman–Crippen MR) is 453 cm³/mol. The summed E-state index contributed by atoms with van der Waals surface area (Å²) in [7, 11) is 0. The lowest BCUT2D eigenvalue weighted by Gasteiger charge is -2.30. The zero-order valence-corrected chi connectivity index (χ0v) is 70.3. The van der Waals surface area contributed by atoms with Crippen molar-refractivity contribution in [2.45, 2.75) is 402 Å². The van der Waals surface area contributed by atoms with Crippen LogP contribution in [0, 0.1) is 11.8 Å². The summed E-state index contributed by atoms with van der Waals surface area (Å²) < 4.78 is 4.20. The van der Waals surface area contributed by atoms with Crippen LogP contribution in [0.25, 0.3) is 43.8 Å². The molecule has 6 aromatic rings. The first-order valence-corrected chi connectivity index (χ1v) is 45.4. The second-order valence-corrected chi connectivity index (χ2v) is 36.2. The van der Waals surface area contributed by atoms with Crippen molar-refractivity contribution < 1.29 is 9.59 Å². The predicted octanol–water partition coefficient (Wildman–Crippen LogP) is 28.4. The van der Waals surface area contributed by atoms with E-state index in [1.54, 1.807) is 22.7 Å². The van der Waals surface area contributed by atoms with Gasteiger partial charge in [-0.05, 0) is 122 Å². The van der Waals surface area contributed by atoms with E-state index in [4.69, 9.17) is 0 Å². The molecule has 0 bridgehead atoms. The van der Waals surface area contributed by atoms with Crippen molar-refractivity contribution in [2.75, 3.05) is 13.1 Å². The Balaban J connectivity index is 1.36. The lowest BCUT2D eigenvalue weighted by atomic mass is 9.78. The van der Waals surface area contributed by atoms with E-state index in [2.05, 4.69) is 154 Å². The summed E-state index contributed by atoms with van der Waals surface area (Å²) in [5.74, 6) is 0.711. The zero-order chi connectivity index (χ0) is 74.8. The van der Waals surface area contributed by atoms with Crippen molar-refractivity contribution in [3.8, 4) is 10.6 Å². The minimum Gasteiger partial charge on any atom is -0.306 e. The molecular formula is C94H146N4O4S2. The van der Waals surface area contributed by atoms with Crippen LogP contribution >= 0.6 is 22.7 Å². The fourth-order valence-electron chi connectivity index (χ4n) is 17.1. The number of hydrogen-bond donors (Lipinski definition) is 0. The van der Waals surface area contributed by atoms with E-state index in [1.165, 1.54) is 165 Å². The maximum absolute atomic E-state index is 17.1. The number of thiophene rings is 2. The Labute approximate surface area is 641 Å². The molecule has 0 saturated heterocycles. The van der Waals surface area contributed by atoms with Gasteiger partial charge in [0.15, 0.2) is 0 Å². The first kappa shape index (κ1) is 84.8. The molecule has 2 atom stereocenters. The maximum atomic E-state index is 17.1. The quantitative estimate of drug-likeness (QED) is 0.0356. The summed E-state index contributed by atoms with van der Waals surface area (Å²) in [6.07, 6.45) is 51.4. The average Bonchev–Trinajstić information content (AvgIpc) is 1.44. The van der Waals surface area contributed by atoms with Gasteiger partial charge in [-0.15, -0.1) is 22.7 Å². The van der Waals surface area contributed by atoms with Crippen molar-refractivity contribution in [1.29, 1.82) is 0 Å². The number of pyridine rings is 2. The smallest absolute Gasteiger partial charge is 0.264 e. The Bertz CT molecular complexity index is 3790. The van der Waals surface area contributed by atoms with Crippen molar-refractivity contribution in [2.24, 2.45) is 11.8 Å². The van der Waals surface area contributed by atoms with E-state index in [9.17, 15) is 0 Å². The van der Waals surface area contributed by atoms with Crippen molar-refractivity contribution >= 4 is 67.7 Å². The molecule has 2 amide bonds. The lowest BCUT2D eigenvalue weighted by molar-refractivity contribution is -0.124. The van der Waals surface area contributed by atoms with Crippen LogP contribution in [0.2, 0.25) is 0 Å². The zero-order valence-electron chi connectivity index (χ0n) is 68.7. The highest BCUT2D eigenvalue weighted by molar-refractivity contribution is 7.16. The molecule has 0 fully saturated rings. The van der Waals surface area contributed by atoms with Gasteiger partial charge in [-0.25, -0.2) is 0 Å². The van der Waals surface area contributed by atoms with Gasteiger partial charge in [-0.3, -0.25) is 28.0 Å². The van der Waals surface area contributed by atoms with Crippen LogP contribution in [0.5, 0.6) is 0 Å². The molecule has 0 saturated carbocycles. The molecule has 0 aliphatic carbocycles. The minimum atomic E-state index is -0.318. The van der Waals surface area contributed by atoms with Crippen LogP contribution in [-0.2, 0) is 20.4 Å². The van der Waals surface area contributed by atoms with Gasteiger partial charge in [0.25, 0.3) is 22.9 Å². The number of rotatable bonds is 55. The first-order valence-electron chi connectivity index (χ1n) is 43.7. The van der Waals surface area contributed by atoms with Crippen molar-refractivity contribution in [3.63, 3.8) is 0 Å². The maximum Gasteiger partial charge on any atom is 0.264 e. The summed E-state index contributed by atoms with van der Waals surface area (Å²) in [6.45, 7) is 33.3. The SMILES string of the molecule is CCCCCCCCCCCCN1C(=O)C2=C(c3ccc(C(C)(C)C(C)C)s3)N(CCCCCCCCCCCC)C(=O)C2=C1c1ccc(-c2ccc3c(C(CCCCCC)CCCCCCCC)c4c(=O)n5c(C(C)(C)C(C)C)ccc5c(C(CCCCCC)CCCCCCCC)c4c(=O)n23)s1. The number of amides is 2. The highest BCUT2D eigenvalue weighted by Gasteiger charge is 2.50. The molecule has 578 valence electrons. The topological polar surface area (TPSA) is 83.6 Å². The van der Waals surface area contributed by atoms with Crippen LogP contribution in [0.1, 0.15) is 423 Å². The number of aromatic nitrogens is 2. The molecule has 0 N–H and O–H groups in total. The molecule has 8 nitrogen and oxygen atoms in total. The Morgan fingerprint density at radius 2 is 0.654 bits per heavy atom. The summed E-state index contributed by atoms with van der Waals surface area (Å²) >= 11 is 3.38. The second kappa shape index (κ2) is 42.8. The van der Waals surface area contributed by atoms with E-state index in [0.29, 0.717) is 40.9 Å². The average molecular weight is 1460 g/mol. The number of carbonyl (C=O) groups is 2. The fourth-order valence-corrected chi connectivity index (χ4v) is 19.5. The van der Waals surface area contributed by atoms with E-state index in [0.717, 1.165) is 182 Å². The molecule has 0 radical (unpaired) electrons. The lowest BCUT2D eigenvalue weighted by Crippen LogP contribution is -2.32. The number of unbranched alkanes of at least 4 members (excludes halogenated alkanes) is 34. The van der Waals surface area contributed by atoms with Gasteiger partial charge < -0.3 is 9.80 Å². The number of fused-ring (bicyclic) bond motifs is 4. The summed E-state index contributed by atoms with van der Waals surface area (Å²) in [5, 5.41) is 1.33. The largest absolute Gasteiger partial charge is 0.306 e. The van der Waals surface area contributed by atoms with Gasteiger partial charge in [0, 0.05) is 34.5 Å². The summed E-state index contributed by atoms with van der Waals surface area (Å²) in [6, 6.07) is 17.7. The third-order valence-corrected chi connectivity index (χ3v) is 27.7. The van der Waals surface area contributed by atoms with Crippen LogP contribution in [0.4, 0.5) is 0 Å².